The highest BCUT2D eigenvalue weighted by molar-refractivity contribution is 6.10. The molecule has 5 heteroatoms. The van der Waals surface area contributed by atoms with E-state index in [4.69, 9.17) is 0 Å². The predicted molar refractivity (Wildman–Crippen MR) is 108 cm³/mol. The van der Waals surface area contributed by atoms with Crippen molar-refractivity contribution in [1.82, 2.24) is 15.2 Å². The topological polar surface area (TPSA) is 64.8 Å². The van der Waals surface area contributed by atoms with E-state index < -0.39 is 5.41 Å². The van der Waals surface area contributed by atoms with Gasteiger partial charge in [0, 0.05) is 34.4 Å². The molecule has 27 heavy (non-hydrogen) atoms. The maximum Gasteiger partial charge on any atom is 0.237 e. The minimum Gasteiger partial charge on any atom is -0.353 e. The molecular weight excluding hydrogens is 336 g/mol. The van der Waals surface area contributed by atoms with Crippen LogP contribution in [0.4, 0.5) is 5.69 Å². The molecule has 0 bridgehead atoms. The molecule has 1 amide bonds. The molecule has 1 aliphatic carbocycles. The van der Waals surface area contributed by atoms with Gasteiger partial charge in [-0.25, -0.2) is 0 Å². The summed E-state index contributed by atoms with van der Waals surface area (Å²) in [7, 11) is 0. The molecule has 5 nitrogen and oxygen atoms in total. The van der Waals surface area contributed by atoms with Gasteiger partial charge in [0.05, 0.1) is 11.1 Å². The second-order valence-electron chi connectivity index (χ2n) is 8.30. The summed E-state index contributed by atoms with van der Waals surface area (Å²) in [5.74, 6) is 0.195. The minimum atomic E-state index is -0.477. The fourth-order valence-corrected chi connectivity index (χ4v) is 4.96. The van der Waals surface area contributed by atoms with Crippen LogP contribution in [0.15, 0.2) is 12.1 Å². The molecule has 3 heterocycles. The molecule has 1 aliphatic heterocycles. The van der Waals surface area contributed by atoms with Crippen molar-refractivity contribution in [1.29, 1.82) is 0 Å². The molecule has 3 aromatic rings. The zero-order chi connectivity index (χ0) is 18.9. The summed E-state index contributed by atoms with van der Waals surface area (Å²) in [5.41, 5.74) is 9.03. The molecule has 0 spiro atoms. The highest BCUT2D eigenvalue weighted by Gasteiger charge is 2.43. The Labute approximate surface area is 159 Å². The van der Waals surface area contributed by atoms with Gasteiger partial charge in [-0.3, -0.25) is 9.89 Å². The van der Waals surface area contributed by atoms with E-state index in [0.717, 1.165) is 53.8 Å². The third-order valence-corrected chi connectivity index (χ3v) is 6.48. The number of nitrogens with one attached hydrogen (secondary N) is 2. The number of aryl methyl sites for hydroxylation is 2. The molecule has 0 atom stereocenters. The Kier molecular flexibility index (Phi) is 3.37. The van der Waals surface area contributed by atoms with Crippen molar-refractivity contribution in [2.75, 3.05) is 11.4 Å². The van der Waals surface area contributed by atoms with Crippen LogP contribution < -0.4 is 4.90 Å². The van der Waals surface area contributed by atoms with Gasteiger partial charge in [-0.1, -0.05) is 6.92 Å². The molecule has 1 aromatic carbocycles. The second kappa shape index (κ2) is 5.47. The Morgan fingerprint density at radius 2 is 1.96 bits per heavy atom. The van der Waals surface area contributed by atoms with Gasteiger partial charge in [0.2, 0.25) is 5.91 Å². The van der Waals surface area contributed by atoms with Gasteiger partial charge in [-0.05, 0) is 69.7 Å². The van der Waals surface area contributed by atoms with Gasteiger partial charge in [0.1, 0.15) is 5.69 Å². The number of carbonyl (C=O) groups excluding carboxylic acids is 1. The molecule has 2 N–H and O–H groups in total. The molecule has 2 aromatic heterocycles. The Morgan fingerprint density at radius 3 is 2.70 bits per heavy atom. The molecule has 0 saturated heterocycles. The number of benzene rings is 1. The number of aromatic nitrogens is 3. The first-order chi connectivity index (χ1) is 13.0. The number of rotatable bonds is 2. The zero-order valence-electron chi connectivity index (χ0n) is 16.5. The lowest BCUT2D eigenvalue weighted by Crippen LogP contribution is -2.35. The molecule has 0 fully saturated rings. The SMILES string of the molecule is CCc1[nH]nc2c1CCCc1c-2[nH]c2cc3c(cc12)N(CC)C(=O)C3(C)C. The fraction of sp³-hybridized carbons (Fsp3) is 0.455. The van der Waals surface area contributed by atoms with Crippen molar-refractivity contribution in [2.24, 2.45) is 0 Å². The largest absolute Gasteiger partial charge is 0.353 e. The predicted octanol–water partition coefficient (Wildman–Crippen LogP) is 4.25. The van der Waals surface area contributed by atoms with Crippen molar-refractivity contribution < 1.29 is 4.79 Å². The lowest BCUT2D eigenvalue weighted by atomic mass is 9.85. The first-order valence-electron chi connectivity index (χ1n) is 10.0. The monoisotopic (exact) mass is 362 g/mol. The van der Waals surface area contributed by atoms with Crippen molar-refractivity contribution >= 4 is 22.5 Å². The highest BCUT2D eigenvalue weighted by Crippen LogP contribution is 2.46. The number of hydrogen-bond donors (Lipinski definition) is 2. The van der Waals surface area contributed by atoms with Gasteiger partial charge < -0.3 is 9.88 Å². The lowest BCUT2D eigenvalue weighted by Gasteiger charge is -2.18. The van der Waals surface area contributed by atoms with Crippen LogP contribution in [-0.4, -0.2) is 27.6 Å². The summed E-state index contributed by atoms with van der Waals surface area (Å²) in [6.45, 7) is 8.99. The van der Waals surface area contributed by atoms with E-state index in [0.29, 0.717) is 6.54 Å². The summed E-state index contributed by atoms with van der Waals surface area (Å²) in [6.07, 6.45) is 4.21. The third-order valence-electron chi connectivity index (χ3n) is 6.48. The van der Waals surface area contributed by atoms with Crippen molar-refractivity contribution in [3.05, 3.63) is 34.5 Å². The van der Waals surface area contributed by atoms with Crippen LogP contribution in [-0.2, 0) is 29.5 Å². The summed E-state index contributed by atoms with van der Waals surface area (Å²) < 4.78 is 0. The number of amides is 1. The number of fused-ring (bicyclic) bond motifs is 6. The number of nitrogens with zero attached hydrogens (tertiary/aromatic N) is 2. The summed E-state index contributed by atoms with van der Waals surface area (Å²) in [4.78, 5) is 18.4. The Morgan fingerprint density at radius 1 is 1.19 bits per heavy atom. The Balaban J connectivity index is 1.78. The first-order valence-corrected chi connectivity index (χ1v) is 10.0. The Hall–Kier alpha value is -2.56. The van der Waals surface area contributed by atoms with Crippen LogP contribution in [0.1, 0.15) is 56.5 Å². The fourth-order valence-electron chi connectivity index (χ4n) is 4.96. The molecular formula is C22H26N4O. The number of H-pyrrole nitrogens is 2. The highest BCUT2D eigenvalue weighted by atomic mass is 16.2. The van der Waals surface area contributed by atoms with Crippen LogP contribution in [0.3, 0.4) is 0 Å². The molecule has 0 radical (unpaired) electrons. The molecule has 0 unspecified atom stereocenters. The first kappa shape index (κ1) is 16.6. The average Bonchev–Trinajstić information content (AvgIpc) is 3.23. The Bertz CT molecular complexity index is 1090. The summed E-state index contributed by atoms with van der Waals surface area (Å²) >= 11 is 0. The quantitative estimate of drug-likeness (QED) is 0.716. The normalized spacial score (nSPS) is 17.8. The van der Waals surface area contributed by atoms with Crippen LogP contribution >= 0.6 is 0 Å². The minimum absolute atomic E-state index is 0.195. The van der Waals surface area contributed by atoms with Crippen LogP contribution in [0, 0.1) is 0 Å². The van der Waals surface area contributed by atoms with Crippen LogP contribution in [0.5, 0.6) is 0 Å². The number of hydrogen-bond acceptors (Lipinski definition) is 2. The lowest BCUT2D eigenvalue weighted by molar-refractivity contribution is -0.122. The molecule has 2 aliphatic rings. The standard InChI is InChI=1S/C22H26N4O/c1-5-16-13-9-7-8-12-14-10-18-15(22(3,4)21(27)26(18)6-2)11-17(14)23-19(12)20(13)25-24-16/h10-11,23H,5-9H2,1-4H3,(H,24,25). The van der Waals surface area contributed by atoms with E-state index in [1.54, 1.807) is 0 Å². The number of anilines is 1. The third kappa shape index (κ3) is 2.05. The van der Waals surface area contributed by atoms with E-state index >= 15 is 0 Å². The van der Waals surface area contributed by atoms with E-state index in [-0.39, 0.29) is 5.91 Å². The smallest absolute Gasteiger partial charge is 0.237 e. The van der Waals surface area contributed by atoms with E-state index in [9.17, 15) is 4.79 Å². The number of carbonyl (C=O) groups is 1. The van der Waals surface area contributed by atoms with E-state index in [1.807, 2.05) is 25.7 Å². The van der Waals surface area contributed by atoms with Crippen molar-refractivity contribution in [3.63, 3.8) is 0 Å². The van der Waals surface area contributed by atoms with Crippen LogP contribution in [0.2, 0.25) is 0 Å². The van der Waals surface area contributed by atoms with Gasteiger partial charge in [0.25, 0.3) is 0 Å². The van der Waals surface area contributed by atoms with Crippen molar-refractivity contribution in [3.8, 4) is 11.4 Å². The van der Waals surface area contributed by atoms with Crippen molar-refractivity contribution in [2.45, 2.75) is 58.8 Å². The molecule has 140 valence electrons. The van der Waals surface area contributed by atoms with Gasteiger partial charge >= 0.3 is 0 Å². The average molecular weight is 362 g/mol. The molecule has 5 rings (SSSR count). The van der Waals surface area contributed by atoms with Gasteiger partial charge in [-0.2, -0.15) is 5.10 Å². The van der Waals surface area contributed by atoms with Crippen LogP contribution in [0.25, 0.3) is 22.3 Å². The number of likely N-dealkylation sites (N-methyl/N-ethyl adjacent to an activating group) is 1. The summed E-state index contributed by atoms with van der Waals surface area (Å²) in [5, 5.41) is 9.13. The van der Waals surface area contributed by atoms with Gasteiger partial charge in [0.15, 0.2) is 0 Å². The van der Waals surface area contributed by atoms with E-state index in [2.05, 4.69) is 34.2 Å². The molecule has 0 saturated carbocycles. The zero-order valence-corrected chi connectivity index (χ0v) is 16.5. The number of aromatic amines is 2. The maximum absolute atomic E-state index is 12.9. The van der Waals surface area contributed by atoms with E-state index in [1.165, 1.54) is 22.2 Å². The second-order valence-corrected chi connectivity index (χ2v) is 8.30. The van der Waals surface area contributed by atoms with Gasteiger partial charge in [-0.15, -0.1) is 0 Å². The maximum atomic E-state index is 12.9. The summed E-state index contributed by atoms with van der Waals surface area (Å²) in [6, 6.07) is 4.43.